The van der Waals surface area contributed by atoms with E-state index in [0.717, 1.165) is 26.0 Å². The highest BCUT2D eigenvalue weighted by Crippen LogP contribution is 2.18. The summed E-state index contributed by atoms with van der Waals surface area (Å²) in [6.45, 7) is 6.26. The van der Waals surface area contributed by atoms with E-state index in [0.29, 0.717) is 12.0 Å². The SMILES string of the molecule is CCC(CC)(CCl)NCC1CCCO1. The number of hydrogen-bond acceptors (Lipinski definition) is 2. The second-order valence-corrected chi connectivity index (χ2v) is 4.40. The van der Waals surface area contributed by atoms with Gasteiger partial charge >= 0.3 is 0 Å². The van der Waals surface area contributed by atoms with Crippen LogP contribution >= 0.6 is 11.6 Å². The molecular formula is C11H22ClNO. The second-order valence-electron chi connectivity index (χ2n) is 4.14. The summed E-state index contributed by atoms with van der Waals surface area (Å²) in [6.07, 6.45) is 4.98. The molecular weight excluding hydrogens is 198 g/mol. The lowest BCUT2D eigenvalue weighted by Gasteiger charge is -2.32. The molecule has 1 N–H and O–H groups in total. The fraction of sp³-hybridized carbons (Fsp3) is 1.00. The maximum absolute atomic E-state index is 6.01. The van der Waals surface area contributed by atoms with Crippen molar-refractivity contribution < 1.29 is 4.74 Å². The molecule has 0 aliphatic carbocycles. The lowest BCUT2D eigenvalue weighted by atomic mass is 9.95. The van der Waals surface area contributed by atoms with Crippen LogP contribution in [0, 0.1) is 0 Å². The van der Waals surface area contributed by atoms with Crippen molar-refractivity contribution in [2.24, 2.45) is 0 Å². The van der Waals surface area contributed by atoms with Crippen molar-refractivity contribution in [2.75, 3.05) is 19.0 Å². The molecule has 14 heavy (non-hydrogen) atoms. The van der Waals surface area contributed by atoms with Crippen LogP contribution in [0.4, 0.5) is 0 Å². The molecule has 0 amide bonds. The predicted molar refractivity (Wildman–Crippen MR) is 61.0 cm³/mol. The normalized spacial score (nSPS) is 22.9. The summed E-state index contributed by atoms with van der Waals surface area (Å²) in [5, 5.41) is 3.57. The zero-order valence-electron chi connectivity index (χ0n) is 9.31. The number of halogens is 1. The van der Waals surface area contributed by atoms with E-state index in [1.807, 2.05) is 0 Å². The smallest absolute Gasteiger partial charge is 0.0700 e. The van der Waals surface area contributed by atoms with E-state index in [1.54, 1.807) is 0 Å². The fourth-order valence-electron chi connectivity index (χ4n) is 1.87. The molecule has 1 aliphatic rings. The summed E-state index contributed by atoms with van der Waals surface area (Å²) in [6, 6.07) is 0. The van der Waals surface area contributed by atoms with Gasteiger partial charge in [-0.25, -0.2) is 0 Å². The minimum atomic E-state index is 0.119. The quantitative estimate of drug-likeness (QED) is 0.694. The molecule has 84 valence electrons. The summed E-state index contributed by atoms with van der Waals surface area (Å²) < 4.78 is 5.58. The van der Waals surface area contributed by atoms with Crippen LogP contribution in [-0.2, 0) is 4.74 Å². The highest BCUT2D eigenvalue weighted by atomic mass is 35.5. The number of rotatable bonds is 6. The summed E-state index contributed by atoms with van der Waals surface area (Å²) in [7, 11) is 0. The Bertz CT molecular complexity index is 145. The lowest BCUT2D eigenvalue weighted by molar-refractivity contribution is 0.101. The monoisotopic (exact) mass is 219 g/mol. The Hall–Kier alpha value is 0.210. The molecule has 1 unspecified atom stereocenters. The Morgan fingerprint density at radius 3 is 2.57 bits per heavy atom. The van der Waals surface area contributed by atoms with Gasteiger partial charge in [0.05, 0.1) is 6.10 Å². The van der Waals surface area contributed by atoms with E-state index in [-0.39, 0.29) is 5.54 Å². The molecule has 1 atom stereocenters. The van der Waals surface area contributed by atoms with Gasteiger partial charge in [-0.3, -0.25) is 0 Å². The highest BCUT2D eigenvalue weighted by Gasteiger charge is 2.26. The molecule has 0 spiro atoms. The Morgan fingerprint density at radius 1 is 1.43 bits per heavy atom. The topological polar surface area (TPSA) is 21.3 Å². The molecule has 2 nitrogen and oxygen atoms in total. The van der Waals surface area contributed by atoms with E-state index in [2.05, 4.69) is 19.2 Å². The minimum absolute atomic E-state index is 0.119. The Labute approximate surface area is 92.3 Å². The zero-order valence-corrected chi connectivity index (χ0v) is 10.1. The number of ether oxygens (including phenoxy) is 1. The van der Waals surface area contributed by atoms with Gasteiger partial charge in [0.2, 0.25) is 0 Å². The fourth-order valence-corrected chi connectivity index (χ4v) is 2.34. The molecule has 0 saturated carbocycles. The van der Waals surface area contributed by atoms with E-state index < -0.39 is 0 Å². The average Bonchev–Trinajstić information content (AvgIpc) is 2.74. The van der Waals surface area contributed by atoms with Gasteiger partial charge in [0.1, 0.15) is 0 Å². The van der Waals surface area contributed by atoms with Crippen LogP contribution in [0.2, 0.25) is 0 Å². The second kappa shape index (κ2) is 5.94. The molecule has 0 aromatic carbocycles. The van der Waals surface area contributed by atoms with E-state index in [4.69, 9.17) is 16.3 Å². The molecule has 0 bridgehead atoms. The van der Waals surface area contributed by atoms with Gasteiger partial charge in [0.25, 0.3) is 0 Å². The summed E-state index contributed by atoms with van der Waals surface area (Å²) >= 11 is 6.01. The number of hydrogen-bond donors (Lipinski definition) is 1. The van der Waals surface area contributed by atoms with E-state index in [1.165, 1.54) is 12.8 Å². The van der Waals surface area contributed by atoms with Crippen LogP contribution < -0.4 is 5.32 Å². The highest BCUT2D eigenvalue weighted by molar-refractivity contribution is 6.18. The predicted octanol–water partition coefficient (Wildman–Crippen LogP) is 2.55. The van der Waals surface area contributed by atoms with Crippen LogP contribution in [-0.4, -0.2) is 30.7 Å². The average molecular weight is 220 g/mol. The Kier molecular flexibility index (Phi) is 5.21. The first-order chi connectivity index (χ1) is 6.76. The lowest BCUT2D eigenvalue weighted by Crippen LogP contribution is -2.48. The standard InChI is InChI=1S/C11H22ClNO/c1-3-11(4-2,9-12)13-8-10-6-5-7-14-10/h10,13H,3-9H2,1-2H3. The van der Waals surface area contributed by atoms with Crippen molar-refractivity contribution in [3.8, 4) is 0 Å². The third-order valence-electron chi connectivity index (χ3n) is 3.34. The summed E-state index contributed by atoms with van der Waals surface area (Å²) in [4.78, 5) is 0. The first-order valence-electron chi connectivity index (χ1n) is 5.69. The largest absolute Gasteiger partial charge is 0.377 e. The molecule has 0 aromatic heterocycles. The van der Waals surface area contributed by atoms with Crippen LogP contribution in [0.5, 0.6) is 0 Å². The molecule has 1 saturated heterocycles. The molecule has 1 heterocycles. The van der Waals surface area contributed by atoms with Crippen LogP contribution in [0.25, 0.3) is 0 Å². The summed E-state index contributed by atoms with van der Waals surface area (Å²) in [5.41, 5.74) is 0.119. The zero-order chi connectivity index (χ0) is 10.4. The number of nitrogens with one attached hydrogen (secondary N) is 1. The molecule has 0 radical (unpaired) electrons. The molecule has 0 aromatic rings. The van der Waals surface area contributed by atoms with Crippen molar-refractivity contribution in [3.63, 3.8) is 0 Å². The van der Waals surface area contributed by atoms with Gasteiger partial charge in [-0.05, 0) is 25.7 Å². The van der Waals surface area contributed by atoms with Gasteiger partial charge < -0.3 is 10.1 Å². The molecule has 1 fully saturated rings. The van der Waals surface area contributed by atoms with Crippen LogP contribution in [0.3, 0.4) is 0 Å². The first-order valence-corrected chi connectivity index (χ1v) is 6.22. The van der Waals surface area contributed by atoms with Gasteiger partial charge in [0, 0.05) is 24.6 Å². The van der Waals surface area contributed by atoms with Gasteiger partial charge in [-0.15, -0.1) is 11.6 Å². The number of alkyl halides is 1. The van der Waals surface area contributed by atoms with E-state index >= 15 is 0 Å². The Morgan fingerprint density at radius 2 is 2.14 bits per heavy atom. The maximum atomic E-state index is 6.01. The van der Waals surface area contributed by atoms with Crippen molar-refractivity contribution >= 4 is 11.6 Å². The third kappa shape index (κ3) is 3.11. The minimum Gasteiger partial charge on any atom is -0.377 e. The van der Waals surface area contributed by atoms with Gasteiger partial charge in [-0.1, -0.05) is 13.8 Å². The van der Waals surface area contributed by atoms with Crippen molar-refractivity contribution in [2.45, 2.75) is 51.2 Å². The van der Waals surface area contributed by atoms with Gasteiger partial charge in [0.15, 0.2) is 0 Å². The van der Waals surface area contributed by atoms with E-state index in [9.17, 15) is 0 Å². The van der Waals surface area contributed by atoms with Crippen molar-refractivity contribution in [1.82, 2.24) is 5.32 Å². The summed E-state index contributed by atoms with van der Waals surface area (Å²) in [5.74, 6) is 0.687. The Balaban J connectivity index is 2.31. The molecule has 1 aliphatic heterocycles. The molecule has 1 rings (SSSR count). The van der Waals surface area contributed by atoms with Crippen LogP contribution in [0.1, 0.15) is 39.5 Å². The third-order valence-corrected chi connectivity index (χ3v) is 3.85. The van der Waals surface area contributed by atoms with Crippen LogP contribution in [0.15, 0.2) is 0 Å². The first kappa shape index (κ1) is 12.3. The van der Waals surface area contributed by atoms with Gasteiger partial charge in [-0.2, -0.15) is 0 Å². The van der Waals surface area contributed by atoms with Crippen molar-refractivity contribution in [1.29, 1.82) is 0 Å². The van der Waals surface area contributed by atoms with Crippen molar-refractivity contribution in [3.05, 3.63) is 0 Å². The molecule has 3 heteroatoms. The maximum Gasteiger partial charge on any atom is 0.0700 e.